The molecule has 1 heterocycles. The number of benzene rings is 2. The standard InChI is InChI=1S/C21H13F3N2O/c22-21(23,24)20(27)16-12-11-15-17(16)19(14-9-5-2-6-10-14)26-25-18(15)13-7-3-1-4-8-13/h1-12,26H. The number of carbonyl (C=O) groups excluding carboxylic acids is 1. The lowest BCUT2D eigenvalue weighted by atomic mass is 9.95. The maximum Gasteiger partial charge on any atom is 0.454 e. The fourth-order valence-electron chi connectivity index (χ4n) is 3.14. The normalized spacial score (nSPS) is 11.7. The Bertz CT molecular complexity index is 1070. The minimum atomic E-state index is -4.95. The van der Waals surface area contributed by atoms with Crippen LogP contribution in [0.3, 0.4) is 0 Å². The molecule has 0 atom stereocenters. The summed E-state index contributed by atoms with van der Waals surface area (Å²) in [6.07, 6.45) is -4.95. The molecule has 134 valence electrons. The van der Waals surface area contributed by atoms with Gasteiger partial charge in [0, 0.05) is 27.8 Å². The number of nitrogens with zero attached hydrogens (tertiary/aromatic N) is 1. The molecule has 1 aliphatic heterocycles. The highest BCUT2D eigenvalue weighted by Gasteiger charge is 2.42. The van der Waals surface area contributed by atoms with Crippen LogP contribution < -0.4 is 0 Å². The number of rotatable bonds is 3. The van der Waals surface area contributed by atoms with E-state index in [4.69, 9.17) is 0 Å². The molecule has 3 nitrogen and oxygen atoms in total. The number of hydrogen-bond donors (Lipinski definition) is 1. The van der Waals surface area contributed by atoms with Crippen molar-refractivity contribution in [1.82, 2.24) is 10.2 Å². The highest BCUT2D eigenvalue weighted by atomic mass is 19.4. The van der Waals surface area contributed by atoms with E-state index in [0.29, 0.717) is 22.5 Å². The molecule has 0 spiro atoms. The van der Waals surface area contributed by atoms with Crippen molar-refractivity contribution in [2.45, 2.75) is 6.18 Å². The van der Waals surface area contributed by atoms with E-state index in [1.54, 1.807) is 30.3 Å². The lowest BCUT2D eigenvalue weighted by Crippen LogP contribution is -2.23. The van der Waals surface area contributed by atoms with Gasteiger partial charge in [-0.1, -0.05) is 66.7 Å². The molecule has 0 bridgehead atoms. The molecule has 27 heavy (non-hydrogen) atoms. The first-order valence-electron chi connectivity index (χ1n) is 8.20. The molecule has 1 aliphatic carbocycles. The third kappa shape index (κ3) is 2.99. The van der Waals surface area contributed by atoms with Gasteiger partial charge in [-0.25, -0.2) is 0 Å². The summed E-state index contributed by atoms with van der Waals surface area (Å²) >= 11 is 0. The molecule has 0 fully saturated rings. The Morgan fingerprint density at radius 1 is 0.815 bits per heavy atom. The lowest BCUT2D eigenvalue weighted by Gasteiger charge is -2.15. The Hall–Kier alpha value is -3.41. The molecule has 1 N–H and O–H groups in total. The Kier molecular flexibility index (Phi) is 4.03. The molecule has 6 heteroatoms. The van der Waals surface area contributed by atoms with Crippen molar-refractivity contribution in [3.8, 4) is 33.6 Å². The molecule has 0 amide bonds. The second kappa shape index (κ2) is 6.39. The number of halogens is 3. The van der Waals surface area contributed by atoms with E-state index in [-0.39, 0.29) is 11.1 Å². The Morgan fingerprint density at radius 3 is 2.00 bits per heavy atom. The number of fused-ring (bicyclic) bond motifs is 1. The monoisotopic (exact) mass is 366 g/mol. The number of ketones is 1. The van der Waals surface area contributed by atoms with Gasteiger partial charge in [-0.05, 0) is 6.07 Å². The first-order chi connectivity index (χ1) is 13.0. The maximum atomic E-state index is 13.1. The quantitative estimate of drug-likeness (QED) is 0.480. The summed E-state index contributed by atoms with van der Waals surface area (Å²) in [5.74, 6) is -1.87. The number of nitrogens with one attached hydrogen (secondary N) is 1. The topological polar surface area (TPSA) is 45.8 Å². The van der Waals surface area contributed by atoms with E-state index < -0.39 is 12.0 Å². The number of carbonyl (C=O) groups is 1. The fourth-order valence-corrected chi connectivity index (χ4v) is 3.14. The molecule has 0 saturated heterocycles. The predicted molar refractivity (Wildman–Crippen MR) is 96.5 cm³/mol. The summed E-state index contributed by atoms with van der Waals surface area (Å²) in [7, 11) is 0. The van der Waals surface area contributed by atoms with Crippen molar-refractivity contribution < 1.29 is 18.0 Å². The van der Waals surface area contributed by atoms with Gasteiger partial charge in [-0.2, -0.15) is 18.3 Å². The van der Waals surface area contributed by atoms with Crippen molar-refractivity contribution in [2.75, 3.05) is 0 Å². The number of hydrogen-bond acceptors (Lipinski definition) is 2. The summed E-state index contributed by atoms with van der Waals surface area (Å²) in [6, 6.07) is 20.7. The number of H-pyrrole nitrogens is 1. The van der Waals surface area contributed by atoms with Gasteiger partial charge in [0.2, 0.25) is 0 Å². The molecule has 2 aliphatic rings. The van der Waals surface area contributed by atoms with Crippen LogP contribution in [0.4, 0.5) is 13.2 Å². The highest BCUT2D eigenvalue weighted by Crippen LogP contribution is 2.42. The van der Waals surface area contributed by atoms with Crippen LogP contribution in [0.5, 0.6) is 0 Å². The van der Waals surface area contributed by atoms with Gasteiger partial charge in [-0.15, -0.1) is 0 Å². The van der Waals surface area contributed by atoms with Crippen molar-refractivity contribution in [3.63, 3.8) is 0 Å². The van der Waals surface area contributed by atoms with Crippen molar-refractivity contribution in [2.24, 2.45) is 0 Å². The van der Waals surface area contributed by atoms with E-state index in [1.807, 2.05) is 30.3 Å². The van der Waals surface area contributed by atoms with E-state index in [2.05, 4.69) is 10.2 Å². The van der Waals surface area contributed by atoms with Gasteiger partial charge in [-0.3, -0.25) is 9.89 Å². The lowest BCUT2D eigenvalue weighted by molar-refractivity contribution is -0.0884. The molecule has 0 saturated carbocycles. The van der Waals surface area contributed by atoms with E-state index in [1.165, 1.54) is 12.1 Å². The SMILES string of the molecule is O=C(c1ccc2c(-c3ccccc3)n[nH]c(-c3ccccc3)c1-2)C(F)(F)F. The van der Waals surface area contributed by atoms with E-state index in [0.717, 1.165) is 5.56 Å². The zero-order valence-corrected chi connectivity index (χ0v) is 13.9. The summed E-state index contributed by atoms with van der Waals surface area (Å²) in [5.41, 5.74) is 2.59. The minimum absolute atomic E-state index is 0.220. The second-order valence-corrected chi connectivity index (χ2v) is 6.04. The first kappa shape index (κ1) is 17.0. The predicted octanol–water partition coefficient (Wildman–Crippen LogP) is 5.59. The Labute approximate surface area is 152 Å². The van der Waals surface area contributed by atoms with Crippen molar-refractivity contribution >= 4 is 5.78 Å². The highest BCUT2D eigenvalue weighted by molar-refractivity contribution is 6.10. The molecule has 0 aromatic heterocycles. The zero-order chi connectivity index (χ0) is 19.0. The summed E-state index contributed by atoms with van der Waals surface area (Å²) in [4.78, 5) is 12.0. The molecular formula is C21H13F3N2O. The average Bonchev–Trinajstić information content (AvgIpc) is 3.12. The van der Waals surface area contributed by atoms with Gasteiger partial charge in [0.15, 0.2) is 0 Å². The number of aromatic amines is 1. The smallest absolute Gasteiger partial charge is 0.284 e. The Balaban J connectivity index is 2.00. The van der Waals surface area contributed by atoms with Crippen molar-refractivity contribution in [1.29, 1.82) is 0 Å². The fraction of sp³-hybridized carbons (Fsp3) is 0.0476. The Morgan fingerprint density at radius 2 is 1.41 bits per heavy atom. The molecular weight excluding hydrogens is 353 g/mol. The number of aromatic nitrogens is 2. The largest absolute Gasteiger partial charge is 0.454 e. The van der Waals surface area contributed by atoms with Gasteiger partial charge in [0.05, 0.1) is 11.4 Å². The van der Waals surface area contributed by atoms with Gasteiger partial charge < -0.3 is 0 Å². The van der Waals surface area contributed by atoms with Crippen LogP contribution in [0.25, 0.3) is 33.6 Å². The van der Waals surface area contributed by atoms with Gasteiger partial charge in [0.1, 0.15) is 0 Å². The molecule has 2 aromatic rings. The minimum Gasteiger partial charge on any atom is -0.284 e. The van der Waals surface area contributed by atoms with Crippen LogP contribution in [0.2, 0.25) is 0 Å². The van der Waals surface area contributed by atoms with Crippen molar-refractivity contribution in [3.05, 3.63) is 78.4 Å². The van der Waals surface area contributed by atoms with Crippen LogP contribution in [0.1, 0.15) is 10.4 Å². The van der Waals surface area contributed by atoms with Gasteiger partial charge >= 0.3 is 6.18 Å². The zero-order valence-electron chi connectivity index (χ0n) is 13.9. The number of alkyl halides is 3. The van der Waals surface area contributed by atoms with Crippen LogP contribution in [-0.2, 0) is 0 Å². The van der Waals surface area contributed by atoms with Crippen LogP contribution in [0.15, 0.2) is 72.8 Å². The second-order valence-electron chi connectivity index (χ2n) is 6.04. The first-order valence-corrected chi connectivity index (χ1v) is 8.20. The van der Waals surface area contributed by atoms with E-state index >= 15 is 0 Å². The molecule has 4 rings (SSSR count). The summed E-state index contributed by atoms with van der Waals surface area (Å²) in [5, 5.41) is 7.23. The third-order valence-electron chi connectivity index (χ3n) is 4.35. The molecule has 2 aromatic carbocycles. The average molecular weight is 366 g/mol. The summed E-state index contributed by atoms with van der Waals surface area (Å²) < 4.78 is 39.4. The van der Waals surface area contributed by atoms with Gasteiger partial charge in [0.25, 0.3) is 5.78 Å². The molecule has 0 unspecified atom stereocenters. The summed E-state index contributed by atoms with van der Waals surface area (Å²) in [6.45, 7) is 0. The number of Topliss-reactive ketones (excluding diaryl/α,β-unsaturated/α-hetero) is 1. The molecule has 0 radical (unpaired) electrons. The maximum absolute atomic E-state index is 13.1. The van der Waals surface area contributed by atoms with Crippen LogP contribution in [-0.4, -0.2) is 22.2 Å². The van der Waals surface area contributed by atoms with Crippen LogP contribution in [0, 0.1) is 0 Å². The van der Waals surface area contributed by atoms with Crippen LogP contribution >= 0.6 is 0 Å². The van der Waals surface area contributed by atoms with E-state index in [9.17, 15) is 18.0 Å². The third-order valence-corrected chi connectivity index (χ3v) is 4.35.